The molecule has 2 heteroatoms. The van der Waals surface area contributed by atoms with Crippen LogP contribution < -0.4 is 5.32 Å². The highest BCUT2D eigenvalue weighted by atomic mass is 32.1. The summed E-state index contributed by atoms with van der Waals surface area (Å²) >= 11 is 1.92. The molecular formula is C18H25NS. The second kappa shape index (κ2) is 6.55. The second-order valence-corrected chi connectivity index (χ2v) is 7.00. The molecule has 20 heavy (non-hydrogen) atoms. The van der Waals surface area contributed by atoms with Gasteiger partial charge in [0.25, 0.3) is 0 Å². The Hall–Kier alpha value is -1.12. The smallest absolute Gasteiger partial charge is 0.0674 e. The van der Waals surface area contributed by atoms with Gasteiger partial charge >= 0.3 is 0 Å². The molecule has 0 radical (unpaired) electrons. The van der Waals surface area contributed by atoms with Crippen molar-refractivity contribution in [2.45, 2.75) is 47.1 Å². The van der Waals surface area contributed by atoms with Crippen LogP contribution in [0.2, 0.25) is 0 Å². The summed E-state index contributed by atoms with van der Waals surface area (Å²) in [5, 5.41) is 3.72. The number of thiophene rings is 1. The van der Waals surface area contributed by atoms with E-state index in [1.54, 1.807) is 0 Å². The molecule has 0 aliphatic rings. The molecule has 0 saturated carbocycles. The zero-order valence-electron chi connectivity index (χ0n) is 13.2. The van der Waals surface area contributed by atoms with Crippen LogP contribution in [0.15, 0.2) is 24.3 Å². The predicted octanol–water partition coefficient (Wildman–Crippen LogP) is 5.07. The molecule has 1 N–H and O–H groups in total. The SMILES string of the molecule is CCCNC(c1cc(C)cc(C)c1)c1sc(C)cc1C. The van der Waals surface area contributed by atoms with Crippen LogP contribution in [-0.4, -0.2) is 6.54 Å². The maximum absolute atomic E-state index is 3.72. The molecule has 0 fully saturated rings. The van der Waals surface area contributed by atoms with Crippen molar-refractivity contribution in [3.8, 4) is 0 Å². The average molecular weight is 287 g/mol. The molecule has 1 unspecified atom stereocenters. The molecule has 1 heterocycles. The molecule has 0 spiro atoms. The Balaban J connectivity index is 2.43. The van der Waals surface area contributed by atoms with E-state index in [1.807, 2.05) is 11.3 Å². The third kappa shape index (κ3) is 3.50. The second-order valence-electron chi connectivity index (χ2n) is 5.71. The van der Waals surface area contributed by atoms with E-state index in [-0.39, 0.29) is 0 Å². The summed E-state index contributed by atoms with van der Waals surface area (Å²) in [7, 11) is 0. The zero-order chi connectivity index (χ0) is 14.7. The molecule has 2 aromatic rings. The van der Waals surface area contributed by atoms with Gasteiger partial charge in [0.1, 0.15) is 0 Å². The van der Waals surface area contributed by atoms with E-state index in [9.17, 15) is 0 Å². The summed E-state index contributed by atoms with van der Waals surface area (Å²) in [4.78, 5) is 2.85. The zero-order valence-corrected chi connectivity index (χ0v) is 14.0. The Labute approximate surface area is 127 Å². The standard InChI is InChI=1S/C18H25NS/c1-6-7-19-17(18-14(4)11-15(5)20-18)16-9-12(2)8-13(3)10-16/h8-11,17,19H,6-7H2,1-5H3. The van der Waals surface area contributed by atoms with Crippen molar-refractivity contribution in [3.05, 3.63) is 56.3 Å². The lowest BCUT2D eigenvalue weighted by molar-refractivity contribution is 0.603. The maximum Gasteiger partial charge on any atom is 0.0674 e. The Morgan fingerprint density at radius 3 is 2.15 bits per heavy atom. The number of rotatable bonds is 5. The molecule has 0 aliphatic heterocycles. The van der Waals surface area contributed by atoms with Crippen LogP contribution in [0.25, 0.3) is 0 Å². The van der Waals surface area contributed by atoms with Gasteiger partial charge in [0.2, 0.25) is 0 Å². The van der Waals surface area contributed by atoms with Gasteiger partial charge in [-0.2, -0.15) is 0 Å². The first-order chi connectivity index (χ1) is 9.51. The molecule has 0 bridgehead atoms. The molecule has 0 saturated heterocycles. The van der Waals surface area contributed by atoms with Gasteiger partial charge in [0.15, 0.2) is 0 Å². The van der Waals surface area contributed by atoms with Crippen molar-refractivity contribution >= 4 is 11.3 Å². The van der Waals surface area contributed by atoms with Gasteiger partial charge in [-0.15, -0.1) is 11.3 Å². The van der Waals surface area contributed by atoms with Crippen molar-refractivity contribution in [2.24, 2.45) is 0 Å². The minimum absolute atomic E-state index is 0.326. The van der Waals surface area contributed by atoms with Crippen LogP contribution in [0.3, 0.4) is 0 Å². The first-order valence-corrected chi connectivity index (χ1v) is 8.21. The van der Waals surface area contributed by atoms with Crippen LogP contribution in [0.5, 0.6) is 0 Å². The van der Waals surface area contributed by atoms with Crippen molar-refractivity contribution in [3.63, 3.8) is 0 Å². The van der Waals surface area contributed by atoms with Crippen LogP contribution in [-0.2, 0) is 0 Å². The minimum Gasteiger partial charge on any atom is -0.306 e. The number of hydrogen-bond donors (Lipinski definition) is 1. The van der Waals surface area contributed by atoms with Crippen LogP contribution in [0.1, 0.15) is 51.4 Å². The lowest BCUT2D eigenvalue weighted by Gasteiger charge is -2.20. The lowest BCUT2D eigenvalue weighted by Crippen LogP contribution is -2.23. The summed E-state index contributed by atoms with van der Waals surface area (Å²) in [6, 6.07) is 9.49. The predicted molar refractivity (Wildman–Crippen MR) is 89.8 cm³/mol. The van der Waals surface area contributed by atoms with Gasteiger partial charge in [-0.3, -0.25) is 0 Å². The fraction of sp³-hybridized carbons (Fsp3) is 0.444. The highest BCUT2D eigenvalue weighted by molar-refractivity contribution is 7.12. The summed E-state index contributed by atoms with van der Waals surface area (Å²) in [5.41, 5.74) is 5.48. The fourth-order valence-electron chi connectivity index (χ4n) is 2.77. The average Bonchev–Trinajstić information content (AvgIpc) is 2.68. The topological polar surface area (TPSA) is 12.0 Å². The quantitative estimate of drug-likeness (QED) is 0.809. The molecule has 1 aromatic carbocycles. The minimum atomic E-state index is 0.326. The molecular weight excluding hydrogens is 262 g/mol. The van der Waals surface area contributed by atoms with E-state index in [0.29, 0.717) is 6.04 Å². The van der Waals surface area contributed by atoms with Gasteiger partial charge in [0, 0.05) is 9.75 Å². The van der Waals surface area contributed by atoms with Gasteiger partial charge < -0.3 is 5.32 Å². The highest BCUT2D eigenvalue weighted by Gasteiger charge is 2.18. The van der Waals surface area contributed by atoms with E-state index in [4.69, 9.17) is 0 Å². The number of hydrogen-bond acceptors (Lipinski definition) is 2. The monoisotopic (exact) mass is 287 g/mol. The van der Waals surface area contributed by atoms with E-state index >= 15 is 0 Å². The molecule has 0 aliphatic carbocycles. The third-order valence-corrected chi connectivity index (χ3v) is 4.73. The van der Waals surface area contributed by atoms with Gasteiger partial charge in [-0.1, -0.05) is 36.2 Å². The number of benzene rings is 1. The lowest BCUT2D eigenvalue weighted by atomic mass is 9.98. The van der Waals surface area contributed by atoms with Gasteiger partial charge in [0.05, 0.1) is 6.04 Å². The summed E-state index contributed by atoms with van der Waals surface area (Å²) in [6.45, 7) is 12.0. The fourth-order valence-corrected chi connectivity index (χ4v) is 3.91. The van der Waals surface area contributed by atoms with Crippen LogP contribution in [0.4, 0.5) is 0 Å². The Morgan fingerprint density at radius 2 is 1.65 bits per heavy atom. The first-order valence-electron chi connectivity index (χ1n) is 7.39. The molecule has 0 amide bonds. The first kappa shape index (κ1) is 15.3. The van der Waals surface area contributed by atoms with E-state index in [2.05, 4.69) is 64.2 Å². The van der Waals surface area contributed by atoms with Crippen LogP contribution in [0, 0.1) is 27.7 Å². The molecule has 1 aromatic heterocycles. The number of nitrogens with one attached hydrogen (secondary N) is 1. The highest BCUT2D eigenvalue weighted by Crippen LogP contribution is 2.32. The van der Waals surface area contributed by atoms with Crippen LogP contribution >= 0.6 is 11.3 Å². The van der Waals surface area contributed by atoms with Crippen molar-refractivity contribution in [2.75, 3.05) is 6.54 Å². The molecule has 1 nitrogen and oxygen atoms in total. The summed E-state index contributed by atoms with van der Waals surface area (Å²) in [6.07, 6.45) is 1.16. The summed E-state index contributed by atoms with van der Waals surface area (Å²) < 4.78 is 0. The maximum atomic E-state index is 3.72. The normalized spacial score (nSPS) is 12.7. The molecule has 1 atom stereocenters. The van der Waals surface area contributed by atoms with E-state index in [0.717, 1.165) is 13.0 Å². The van der Waals surface area contributed by atoms with Gasteiger partial charge in [-0.25, -0.2) is 0 Å². The van der Waals surface area contributed by atoms with E-state index in [1.165, 1.54) is 32.0 Å². The third-order valence-electron chi connectivity index (χ3n) is 3.52. The molecule has 108 valence electrons. The largest absolute Gasteiger partial charge is 0.306 e. The van der Waals surface area contributed by atoms with E-state index < -0.39 is 0 Å². The molecule has 2 rings (SSSR count). The van der Waals surface area contributed by atoms with Crippen molar-refractivity contribution in [1.82, 2.24) is 5.32 Å². The van der Waals surface area contributed by atoms with Crippen molar-refractivity contribution < 1.29 is 0 Å². The summed E-state index contributed by atoms with van der Waals surface area (Å²) in [5.74, 6) is 0. The Kier molecular flexibility index (Phi) is 5.00. The Morgan fingerprint density at radius 1 is 1.00 bits per heavy atom. The number of aryl methyl sites for hydroxylation is 4. The van der Waals surface area contributed by atoms with Crippen molar-refractivity contribution in [1.29, 1.82) is 0 Å². The Bertz CT molecular complexity index is 563. The van der Waals surface area contributed by atoms with Gasteiger partial charge in [-0.05, 0) is 57.9 Å².